The smallest absolute Gasteiger partial charge is 0.0894 e. The van der Waals surface area contributed by atoms with Gasteiger partial charge in [0.1, 0.15) is 0 Å². The van der Waals surface area contributed by atoms with Gasteiger partial charge in [0.25, 0.3) is 0 Å². The number of benzene rings is 1. The van der Waals surface area contributed by atoms with E-state index in [1.54, 1.807) is 6.20 Å². The summed E-state index contributed by atoms with van der Waals surface area (Å²) in [5.41, 5.74) is 2.26. The second-order valence-corrected chi connectivity index (χ2v) is 5.79. The fraction of sp³-hybridized carbons (Fsp3) is 0.467. The van der Waals surface area contributed by atoms with Crippen LogP contribution in [0.2, 0.25) is 0 Å². The fourth-order valence-corrected chi connectivity index (χ4v) is 3.75. The molecule has 3 atom stereocenters. The van der Waals surface area contributed by atoms with Crippen LogP contribution in [0.5, 0.6) is 0 Å². The molecule has 3 unspecified atom stereocenters. The minimum atomic E-state index is 0.642. The fourth-order valence-electron chi connectivity index (χ4n) is 3.75. The van der Waals surface area contributed by atoms with Crippen LogP contribution in [0.15, 0.2) is 36.7 Å². The van der Waals surface area contributed by atoms with Gasteiger partial charge in [0.15, 0.2) is 0 Å². The van der Waals surface area contributed by atoms with Gasteiger partial charge in [-0.05, 0) is 43.2 Å². The van der Waals surface area contributed by atoms with E-state index in [-0.39, 0.29) is 0 Å². The Hall–Kier alpha value is -1.84. The van der Waals surface area contributed by atoms with Gasteiger partial charge < -0.3 is 5.32 Å². The average molecular weight is 254 g/mol. The lowest BCUT2D eigenvalue weighted by Crippen LogP contribution is -2.26. The Bertz CT molecular complexity index is 563. The molecule has 1 aromatic heterocycles. The summed E-state index contributed by atoms with van der Waals surface area (Å²) in [7, 11) is 0. The molecule has 1 aromatic carbocycles. The van der Waals surface area contributed by atoms with Crippen LogP contribution in [0.25, 0.3) is 5.69 Å². The monoisotopic (exact) mass is 254 g/mol. The second kappa shape index (κ2) is 4.37. The summed E-state index contributed by atoms with van der Waals surface area (Å²) < 4.78 is 1.83. The first-order valence-corrected chi connectivity index (χ1v) is 7.12. The van der Waals surface area contributed by atoms with Gasteiger partial charge in [-0.25, -0.2) is 4.68 Å². The standard InChI is InChI=1S/C15H18N4/c1-2-4-15(19-8-7-16-18-19)13(3-1)17-14-10-11-5-6-12(14)9-11/h1-4,7-8,11-12,14,17H,5-6,9-10H2. The largest absolute Gasteiger partial charge is 0.380 e. The number of aromatic nitrogens is 3. The predicted molar refractivity (Wildman–Crippen MR) is 74.2 cm³/mol. The molecule has 0 amide bonds. The van der Waals surface area contributed by atoms with Gasteiger partial charge in [-0.2, -0.15) is 0 Å². The molecule has 0 spiro atoms. The van der Waals surface area contributed by atoms with E-state index < -0.39 is 0 Å². The molecule has 0 saturated heterocycles. The molecular weight excluding hydrogens is 236 g/mol. The number of anilines is 1. The van der Waals surface area contributed by atoms with Crippen molar-refractivity contribution in [3.63, 3.8) is 0 Å². The molecule has 0 radical (unpaired) electrons. The van der Waals surface area contributed by atoms with Crippen molar-refractivity contribution in [2.24, 2.45) is 11.8 Å². The second-order valence-electron chi connectivity index (χ2n) is 5.79. The molecule has 2 saturated carbocycles. The Morgan fingerprint density at radius 2 is 2.11 bits per heavy atom. The minimum Gasteiger partial charge on any atom is -0.380 e. The van der Waals surface area contributed by atoms with Gasteiger partial charge >= 0.3 is 0 Å². The summed E-state index contributed by atoms with van der Waals surface area (Å²) in [6, 6.07) is 9.00. The summed E-state index contributed by atoms with van der Waals surface area (Å²) >= 11 is 0. The highest BCUT2D eigenvalue weighted by molar-refractivity contribution is 5.61. The van der Waals surface area contributed by atoms with Gasteiger partial charge in [0.05, 0.1) is 23.8 Å². The average Bonchev–Trinajstić information content (AvgIpc) is 3.17. The van der Waals surface area contributed by atoms with E-state index in [0.29, 0.717) is 6.04 Å². The number of hydrogen-bond acceptors (Lipinski definition) is 3. The highest BCUT2D eigenvalue weighted by Crippen LogP contribution is 2.45. The highest BCUT2D eigenvalue weighted by Gasteiger charge is 2.39. The molecule has 2 aliphatic carbocycles. The quantitative estimate of drug-likeness (QED) is 0.915. The van der Waals surface area contributed by atoms with Crippen molar-refractivity contribution < 1.29 is 0 Å². The van der Waals surface area contributed by atoms with Gasteiger partial charge in [-0.1, -0.05) is 23.8 Å². The summed E-state index contributed by atoms with van der Waals surface area (Å²) in [6.45, 7) is 0. The number of nitrogens with one attached hydrogen (secondary N) is 1. The molecule has 4 rings (SSSR count). The Morgan fingerprint density at radius 3 is 2.84 bits per heavy atom. The highest BCUT2D eigenvalue weighted by atomic mass is 15.4. The lowest BCUT2D eigenvalue weighted by Gasteiger charge is -2.25. The number of para-hydroxylation sites is 2. The van der Waals surface area contributed by atoms with Crippen LogP contribution < -0.4 is 5.32 Å². The van der Waals surface area contributed by atoms with E-state index in [0.717, 1.165) is 17.5 Å². The third-order valence-corrected chi connectivity index (χ3v) is 4.65. The molecule has 2 bridgehead atoms. The van der Waals surface area contributed by atoms with E-state index in [1.165, 1.54) is 31.4 Å². The van der Waals surface area contributed by atoms with Crippen molar-refractivity contribution in [1.29, 1.82) is 0 Å². The predicted octanol–water partition coefficient (Wildman–Crippen LogP) is 2.87. The number of rotatable bonds is 3. The first kappa shape index (κ1) is 11.0. The van der Waals surface area contributed by atoms with Crippen LogP contribution in [-0.4, -0.2) is 21.0 Å². The van der Waals surface area contributed by atoms with Crippen LogP contribution in [0.3, 0.4) is 0 Å². The number of fused-ring (bicyclic) bond motifs is 2. The molecule has 19 heavy (non-hydrogen) atoms. The molecule has 4 heteroatoms. The van der Waals surface area contributed by atoms with Gasteiger partial charge in [0.2, 0.25) is 0 Å². The third kappa shape index (κ3) is 1.91. The summed E-state index contributed by atoms with van der Waals surface area (Å²) in [6.07, 6.45) is 9.19. The molecule has 0 aliphatic heterocycles. The Kier molecular flexibility index (Phi) is 2.53. The normalized spacial score (nSPS) is 28.7. The third-order valence-electron chi connectivity index (χ3n) is 4.65. The Morgan fingerprint density at radius 1 is 1.16 bits per heavy atom. The maximum absolute atomic E-state index is 4.10. The van der Waals surface area contributed by atoms with Crippen LogP contribution in [0.1, 0.15) is 25.7 Å². The minimum absolute atomic E-state index is 0.642. The maximum atomic E-state index is 4.10. The zero-order valence-electron chi connectivity index (χ0n) is 10.9. The first-order chi connectivity index (χ1) is 9.40. The maximum Gasteiger partial charge on any atom is 0.0894 e. The van der Waals surface area contributed by atoms with Crippen LogP contribution in [-0.2, 0) is 0 Å². The SMILES string of the molecule is c1ccc(-n2ccnn2)c(NC2CC3CCC2C3)c1. The lowest BCUT2D eigenvalue weighted by atomic mass is 9.95. The van der Waals surface area contributed by atoms with E-state index in [1.807, 2.05) is 16.9 Å². The van der Waals surface area contributed by atoms with Gasteiger partial charge in [-0.15, -0.1) is 5.10 Å². The van der Waals surface area contributed by atoms with Gasteiger partial charge in [-0.3, -0.25) is 0 Å². The summed E-state index contributed by atoms with van der Waals surface area (Å²) in [4.78, 5) is 0. The molecular formula is C15H18N4. The van der Waals surface area contributed by atoms with Crippen molar-refractivity contribution in [3.8, 4) is 5.69 Å². The molecule has 1 heterocycles. The van der Waals surface area contributed by atoms with Crippen molar-refractivity contribution in [2.45, 2.75) is 31.7 Å². The van der Waals surface area contributed by atoms with E-state index in [2.05, 4.69) is 33.8 Å². The molecule has 2 fully saturated rings. The summed E-state index contributed by atoms with van der Waals surface area (Å²) in [5, 5.41) is 11.7. The number of nitrogens with zero attached hydrogens (tertiary/aromatic N) is 3. The topological polar surface area (TPSA) is 42.7 Å². The first-order valence-electron chi connectivity index (χ1n) is 7.12. The zero-order valence-corrected chi connectivity index (χ0v) is 10.9. The Balaban J connectivity index is 1.61. The van der Waals surface area contributed by atoms with E-state index in [9.17, 15) is 0 Å². The van der Waals surface area contributed by atoms with Crippen molar-refractivity contribution in [2.75, 3.05) is 5.32 Å². The van der Waals surface area contributed by atoms with Crippen LogP contribution in [0.4, 0.5) is 5.69 Å². The zero-order chi connectivity index (χ0) is 12.7. The molecule has 4 nitrogen and oxygen atoms in total. The molecule has 2 aliphatic rings. The molecule has 1 N–H and O–H groups in total. The van der Waals surface area contributed by atoms with Crippen LogP contribution >= 0.6 is 0 Å². The van der Waals surface area contributed by atoms with Crippen molar-refractivity contribution >= 4 is 5.69 Å². The van der Waals surface area contributed by atoms with E-state index >= 15 is 0 Å². The number of hydrogen-bond donors (Lipinski definition) is 1. The van der Waals surface area contributed by atoms with Crippen LogP contribution in [0, 0.1) is 11.8 Å². The van der Waals surface area contributed by atoms with Gasteiger partial charge in [0, 0.05) is 6.04 Å². The lowest BCUT2D eigenvalue weighted by molar-refractivity contribution is 0.439. The molecule has 2 aromatic rings. The van der Waals surface area contributed by atoms with Crippen molar-refractivity contribution in [3.05, 3.63) is 36.7 Å². The summed E-state index contributed by atoms with van der Waals surface area (Å²) in [5.74, 6) is 1.83. The molecule has 98 valence electrons. The Labute approximate surface area is 112 Å². The van der Waals surface area contributed by atoms with E-state index in [4.69, 9.17) is 0 Å². The van der Waals surface area contributed by atoms with Crippen molar-refractivity contribution in [1.82, 2.24) is 15.0 Å².